The van der Waals surface area contributed by atoms with Gasteiger partial charge in [-0.15, -0.1) is 11.3 Å². The Bertz CT molecular complexity index is 987. The molecule has 29 heavy (non-hydrogen) atoms. The number of carbonyl (C=O) groups is 3. The molecule has 3 amide bonds. The van der Waals surface area contributed by atoms with E-state index in [1.165, 1.54) is 18.1 Å². The van der Waals surface area contributed by atoms with Crippen molar-refractivity contribution in [1.29, 1.82) is 0 Å². The van der Waals surface area contributed by atoms with Crippen molar-refractivity contribution in [1.82, 2.24) is 4.90 Å². The maximum absolute atomic E-state index is 12.9. The second-order valence-electron chi connectivity index (χ2n) is 6.25. The number of hydrogen-bond acceptors (Lipinski definition) is 5. The molecule has 0 saturated carbocycles. The molecular weight excluding hydrogens is 411 g/mol. The summed E-state index contributed by atoms with van der Waals surface area (Å²) in [6.45, 7) is 0.476. The number of nitrogens with one attached hydrogen (secondary N) is 1. The summed E-state index contributed by atoms with van der Waals surface area (Å²) in [5.41, 5.74) is 5.01. The zero-order valence-corrected chi connectivity index (χ0v) is 15.9. The van der Waals surface area contributed by atoms with Gasteiger partial charge >= 0.3 is 12.3 Å². The average Bonchev–Trinajstić information content (AvgIpc) is 3.03. The summed E-state index contributed by atoms with van der Waals surface area (Å²) >= 11 is 1.05. The molecule has 1 aliphatic rings. The first-order chi connectivity index (χ1) is 13.6. The molecule has 154 valence electrons. The van der Waals surface area contributed by atoms with Gasteiger partial charge in [0.2, 0.25) is 0 Å². The van der Waals surface area contributed by atoms with Crippen LogP contribution in [-0.2, 0) is 23.9 Å². The molecule has 1 aliphatic heterocycles. The van der Waals surface area contributed by atoms with Crippen molar-refractivity contribution < 1.29 is 32.3 Å². The number of primary amides is 1. The molecule has 2 heterocycles. The molecule has 0 atom stereocenters. The average molecular weight is 427 g/mol. The number of thiophene rings is 1. The van der Waals surface area contributed by atoms with Crippen LogP contribution in [0.25, 0.3) is 0 Å². The number of nitrogens with zero attached hydrogens (tertiary/aromatic N) is 1. The van der Waals surface area contributed by atoms with Crippen molar-refractivity contribution in [2.24, 2.45) is 5.73 Å². The van der Waals surface area contributed by atoms with Crippen molar-refractivity contribution in [3.8, 4) is 0 Å². The Morgan fingerprint density at radius 2 is 2.00 bits per heavy atom. The molecule has 0 unspecified atom stereocenters. The third-order valence-corrected chi connectivity index (χ3v) is 5.55. The number of alkyl halides is 3. The predicted molar refractivity (Wildman–Crippen MR) is 98.8 cm³/mol. The van der Waals surface area contributed by atoms with Gasteiger partial charge < -0.3 is 20.7 Å². The fraction of sp³-hybridized carbons (Fsp3) is 0.278. The minimum Gasteiger partial charge on any atom is -0.453 e. The van der Waals surface area contributed by atoms with E-state index in [-0.39, 0.29) is 22.7 Å². The van der Waals surface area contributed by atoms with E-state index in [0.717, 1.165) is 29.5 Å². The SMILES string of the molecule is COC(=O)N1CCc2c(sc(NC(=O)c3cccc(C(F)(F)F)c3)c2C(N)=O)C1. The Balaban J connectivity index is 1.90. The van der Waals surface area contributed by atoms with Crippen LogP contribution in [-0.4, -0.2) is 36.5 Å². The van der Waals surface area contributed by atoms with Crippen LogP contribution in [0, 0.1) is 0 Å². The first-order valence-electron chi connectivity index (χ1n) is 8.37. The lowest BCUT2D eigenvalue weighted by Crippen LogP contribution is -2.35. The van der Waals surface area contributed by atoms with Gasteiger partial charge in [0.05, 0.1) is 24.8 Å². The number of rotatable bonds is 3. The number of anilines is 1. The largest absolute Gasteiger partial charge is 0.453 e. The molecule has 3 rings (SSSR count). The topological polar surface area (TPSA) is 102 Å². The number of amides is 3. The van der Waals surface area contributed by atoms with Gasteiger partial charge in [0.15, 0.2) is 0 Å². The summed E-state index contributed by atoms with van der Waals surface area (Å²) in [4.78, 5) is 38.3. The second-order valence-corrected chi connectivity index (χ2v) is 7.35. The van der Waals surface area contributed by atoms with Gasteiger partial charge in [-0.3, -0.25) is 9.59 Å². The normalized spacial score (nSPS) is 13.6. The van der Waals surface area contributed by atoms with Crippen molar-refractivity contribution in [3.05, 3.63) is 51.4 Å². The van der Waals surface area contributed by atoms with E-state index in [4.69, 9.17) is 5.73 Å². The van der Waals surface area contributed by atoms with Gasteiger partial charge in [-0.1, -0.05) is 6.07 Å². The van der Waals surface area contributed by atoms with E-state index >= 15 is 0 Å². The van der Waals surface area contributed by atoms with Crippen molar-refractivity contribution in [2.75, 3.05) is 19.0 Å². The molecule has 0 bridgehead atoms. The van der Waals surface area contributed by atoms with Gasteiger partial charge in [0.25, 0.3) is 11.8 Å². The van der Waals surface area contributed by atoms with Gasteiger partial charge in [0.1, 0.15) is 5.00 Å². The molecule has 0 fully saturated rings. The van der Waals surface area contributed by atoms with Gasteiger partial charge in [0, 0.05) is 17.0 Å². The molecule has 3 N–H and O–H groups in total. The van der Waals surface area contributed by atoms with E-state index < -0.39 is 29.6 Å². The van der Waals surface area contributed by atoms with E-state index in [9.17, 15) is 27.6 Å². The molecule has 1 aromatic heterocycles. The standard InChI is InChI=1S/C18H16F3N3O4S/c1-28-17(27)24-6-5-11-12(8-24)29-16(13(11)14(22)25)23-15(26)9-3-2-4-10(7-9)18(19,20)21/h2-4,7H,5-6,8H2,1H3,(H2,22,25)(H,23,26). The van der Waals surface area contributed by atoms with Crippen LogP contribution in [0.4, 0.5) is 23.0 Å². The highest BCUT2D eigenvalue weighted by molar-refractivity contribution is 7.17. The summed E-state index contributed by atoms with van der Waals surface area (Å²) < 4.78 is 43.3. The fourth-order valence-electron chi connectivity index (χ4n) is 3.05. The van der Waals surface area contributed by atoms with Crippen LogP contribution in [0.3, 0.4) is 0 Å². The lowest BCUT2D eigenvalue weighted by Gasteiger charge is -2.25. The van der Waals surface area contributed by atoms with E-state index in [1.54, 1.807) is 0 Å². The van der Waals surface area contributed by atoms with E-state index in [1.807, 2.05) is 0 Å². The summed E-state index contributed by atoms with van der Waals surface area (Å²) in [5.74, 6) is -1.57. The molecule has 1 aromatic carbocycles. The summed E-state index contributed by atoms with van der Waals surface area (Å²) in [5, 5.41) is 2.61. The quantitative estimate of drug-likeness (QED) is 0.785. The Morgan fingerprint density at radius 1 is 1.28 bits per heavy atom. The molecule has 2 aromatic rings. The minimum absolute atomic E-state index is 0.106. The number of halogens is 3. The number of fused-ring (bicyclic) bond motifs is 1. The third-order valence-electron chi connectivity index (χ3n) is 4.42. The lowest BCUT2D eigenvalue weighted by molar-refractivity contribution is -0.137. The minimum atomic E-state index is -4.59. The van der Waals surface area contributed by atoms with Crippen LogP contribution in [0.15, 0.2) is 24.3 Å². The summed E-state index contributed by atoms with van der Waals surface area (Å²) in [7, 11) is 1.25. The highest BCUT2D eigenvalue weighted by atomic mass is 32.1. The lowest BCUT2D eigenvalue weighted by atomic mass is 10.0. The number of ether oxygens (including phenoxy) is 1. The number of carbonyl (C=O) groups excluding carboxylic acids is 3. The predicted octanol–water partition coefficient (Wildman–Crippen LogP) is 3.24. The second kappa shape index (κ2) is 7.74. The van der Waals surface area contributed by atoms with Crippen LogP contribution < -0.4 is 11.1 Å². The van der Waals surface area contributed by atoms with E-state index in [0.29, 0.717) is 23.4 Å². The Hall–Kier alpha value is -3.08. The number of nitrogens with two attached hydrogens (primary N) is 1. The number of methoxy groups -OCH3 is 1. The maximum atomic E-state index is 12.9. The monoisotopic (exact) mass is 427 g/mol. The fourth-order valence-corrected chi connectivity index (χ4v) is 4.31. The Labute approximate surface area is 167 Å². The molecule has 11 heteroatoms. The highest BCUT2D eigenvalue weighted by Crippen LogP contribution is 2.37. The molecule has 7 nitrogen and oxygen atoms in total. The zero-order chi connectivity index (χ0) is 21.3. The third kappa shape index (κ3) is 4.19. The zero-order valence-electron chi connectivity index (χ0n) is 15.1. The first-order valence-corrected chi connectivity index (χ1v) is 9.19. The van der Waals surface area contributed by atoms with Crippen LogP contribution in [0.2, 0.25) is 0 Å². The molecule has 0 spiro atoms. The van der Waals surface area contributed by atoms with Gasteiger partial charge in [-0.2, -0.15) is 13.2 Å². The van der Waals surface area contributed by atoms with E-state index in [2.05, 4.69) is 10.1 Å². The van der Waals surface area contributed by atoms with Crippen molar-refractivity contribution >= 4 is 34.2 Å². The Morgan fingerprint density at radius 3 is 2.62 bits per heavy atom. The molecule has 0 aliphatic carbocycles. The van der Waals surface area contributed by atoms with Crippen molar-refractivity contribution in [2.45, 2.75) is 19.1 Å². The highest BCUT2D eigenvalue weighted by Gasteiger charge is 2.32. The maximum Gasteiger partial charge on any atom is 0.416 e. The van der Waals surface area contributed by atoms with Crippen LogP contribution >= 0.6 is 11.3 Å². The number of hydrogen-bond donors (Lipinski definition) is 2. The molecular formula is C18H16F3N3O4S. The molecule has 0 saturated heterocycles. The van der Waals surface area contributed by atoms with Crippen LogP contribution in [0.5, 0.6) is 0 Å². The number of benzene rings is 1. The summed E-state index contributed by atoms with van der Waals surface area (Å²) in [6, 6.07) is 3.95. The smallest absolute Gasteiger partial charge is 0.416 e. The first kappa shape index (κ1) is 20.6. The molecule has 0 radical (unpaired) electrons. The summed E-state index contributed by atoms with van der Waals surface area (Å²) in [6.07, 6.45) is -4.79. The van der Waals surface area contributed by atoms with Crippen molar-refractivity contribution in [3.63, 3.8) is 0 Å². The van der Waals surface area contributed by atoms with Gasteiger partial charge in [-0.25, -0.2) is 4.79 Å². The van der Waals surface area contributed by atoms with Gasteiger partial charge in [-0.05, 0) is 30.2 Å². The van der Waals surface area contributed by atoms with Crippen LogP contribution in [0.1, 0.15) is 36.7 Å². The Kier molecular flexibility index (Phi) is 5.51.